The van der Waals surface area contributed by atoms with Gasteiger partial charge in [0.15, 0.2) is 11.5 Å². The van der Waals surface area contributed by atoms with E-state index in [1.807, 2.05) is 12.1 Å². The molecule has 2 heterocycles. The Hall–Kier alpha value is -1.13. The number of hydrogen-bond donors (Lipinski definition) is 0. The molecule has 1 aliphatic rings. The van der Waals surface area contributed by atoms with E-state index < -0.39 is 0 Å². The highest BCUT2D eigenvalue weighted by atomic mass is 79.9. The fourth-order valence-corrected chi connectivity index (χ4v) is 2.91. The topological polar surface area (TPSA) is 31.6 Å². The summed E-state index contributed by atoms with van der Waals surface area (Å²) in [6, 6.07) is 5.59. The summed E-state index contributed by atoms with van der Waals surface area (Å²) in [4.78, 5) is -0.0282. The maximum absolute atomic E-state index is 6.28. The standard InChI is InChI=1S/C13H10BrClO3/c14-13(8-1-2-16-7-8)9-5-11-12(6-10(9)15)18-4-3-17-11/h1-2,5-7,13H,3-4H2. The molecule has 0 aliphatic carbocycles. The van der Waals surface area contributed by atoms with Crippen LogP contribution in [0.3, 0.4) is 0 Å². The van der Waals surface area contributed by atoms with Gasteiger partial charge < -0.3 is 13.9 Å². The summed E-state index contributed by atoms with van der Waals surface area (Å²) in [6.45, 7) is 1.12. The van der Waals surface area contributed by atoms with Crippen molar-refractivity contribution in [3.05, 3.63) is 46.9 Å². The zero-order valence-corrected chi connectivity index (χ0v) is 11.7. The molecule has 0 saturated heterocycles. The third kappa shape index (κ3) is 2.10. The van der Waals surface area contributed by atoms with Gasteiger partial charge in [-0.1, -0.05) is 27.5 Å². The third-order valence-electron chi connectivity index (χ3n) is 2.77. The van der Waals surface area contributed by atoms with Gasteiger partial charge in [0.1, 0.15) is 13.2 Å². The number of alkyl halides is 1. The van der Waals surface area contributed by atoms with Crippen LogP contribution in [0.25, 0.3) is 0 Å². The summed E-state index contributed by atoms with van der Waals surface area (Å²) in [5, 5.41) is 0.641. The molecule has 0 radical (unpaired) electrons. The van der Waals surface area contributed by atoms with Crippen molar-refractivity contribution < 1.29 is 13.9 Å². The minimum atomic E-state index is -0.0282. The highest BCUT2D eigenvalue weighted by Gasteiger charge is 2.20. The molecular formula is C13H10BrClO3. The summed E-state index contributed by atoms with van der Waals surface area (Å²) in [5.74, 6) is 1.43. The van der Waals surface area contributed by atoms with E-state index in [0.717, 1.165) is 16.9 Å². The molecule has 1 aromatic heterocycles. The minimum Gasteiger partial charge on any atom is -0.486 e. The van der Waals surface area contributed by atoms with Crippen molar-refractivity contribution >= 4 is 27.5 Å². The van der Waals surface area contributed by atoms with Crippen LogP contribution < -0.4 is 9.47 Å². The van der Waals surface area contributed by atoms with Crippen molar-refractivity contribution in [2.45, 2.75) is 4.83 Å². The van der Waals surface area contributed by atoms with E-state index in [1.54, 1.807) is 18.6 Å². The molecule has 94 valence electrons. The lowest BCUT2D eigenvalue weighted by Gasteiger charge is -2.21. The number of rotatable bonds is 2. The van der Waals surface area contributed by atoms with Gasteiger partial charge in [0.2, 0.25) is 0 Å². The highest BCUT2D eigenvalue weighted by molar-refractivity contribution is 9.09. The predicted octanol–water partition coefficient (Wildman–Crippen LogP) is 4.19. The molecule has 1 aliphatic heterocycles. The average Bonchev–Trinajstić information content (AvgIpc) is 2.91. The lowest BCUT2D eigenvalue weighted by molar-refractivity contribution is 0.171. The van der Waals surface area contributed by atoms with Crippen LogP contribution in [0.2, 0.25) is 5.02 Å². The Balaban J connectivity index is 2.01. The van der Waals surface area contributed by atoms with Crippen LogP contribution in [0, 0.1) is 0 Å². The SMILES string of the molecule is Clc1cc2c(cc1C(Br)c1ccoc1)OCCO2. The molecular weight excluding hydrogens is 319 g/mol. The Morgan fingerprint density at radius 1 is 1.17 bits per heavy atom. The first-order valence-corrected chi connectivity index (χ1v) is 6.80. The first-order valence-electron chi connectivity index (χ1n) is 5.51. The van der Waals surface area contributed by atoms with Gasteiger partial charge >= 0.3 is 0 Å². The highest BCUT2D eigenvalue weighted by Crippen LogP contribution is 2.42. The third-order valence-corrected chi connectivity index (χ3v) is 4.12. The van der Waals surface area contributed by atoms with Crippen LogP contribution in [0.15, 0.2) is 35.1 Å². The number of ether oxygens (including phenoxy) is 2. The van der Waals surface area contributed by atoms with Crippen molar-refractivity contribution in [2.75, 3.05) is 13.2 Å². The number of benzene rings is 1. The second-order valence-corrected chi connectivity index (χ2v) is 5.26. The van der Waals surface area contributed by atoms with Crippen LogP contribution in [-0.4, -0.2) is 13.2 Å². The summed E-state index contributed by atoms with van der Waals surface area (Å²) in [7, 11) is 0. The summed E-state index contributed by atoms with van der Waals surface area (Å²) in [5.41, 5.74) is 1.94. The predicted molar refractivity (Wildman–Crippen MR) is 71.9 cm³/mol. The Morgan fingerprint density at radius 2 is 1.89 bits per heavy atom. The summed E-state index contributed by atoms with van der Waals surface area (Å²) < 4.78 is 16.1. The van der Waals surface area contributed by atoms with Gasteiger partial charge in [-0.15, -0.1) is 0 Å². The van der Waals surface area contributed by atoms with Gasteiger partial charge in [0.05, 0.1) is 17.4 Å². The van der Waals surface area contributed by atoms with E-state index in [1.165, 1.54) is 0 Å². The molecule has 1 aromatic carbocycles. The van der Waals surface area contributed by atoms with Crippen LogP contribution in [0.5, 0.6) is 11.5 Å². The molecule has 2 aromatic rings. The van der Waals surface area contributed by atoms with Gasteiger partial charge in [0.25, 0.3) is 0 Å². The minimum absolute atomic E-state index is 0.0282. The van der Waals surface area contributed by atoms with Gasteiger partial charge in [-0.2, -0.15) is 0 Å². The molecule has 3 nitrogen and oxygen atoms in total. The van der Waals surface area contributed by atoms with Crippen LogP contribution >= 0.6 is 27.5 Å². The second kappa shape index (κ2) is 4.86. The Kier molecular flexibility index (Phi) is 3.22. The summed E-state index contributed by atoms with van der Waals surface area (Å²) >= 11 is 9.89. The van der Waals surface area contributed by atoms with E-state index in [-0.39, 0.29) is 4.83 Å². The van der Waals surface area contributed by atoms with Crippen LogP contribution in [-0.2, 0) is 0 Å². The first kappa shape index (κ1) is 11.9. The number of furan rings is 1. The van der Waals surface area contributed by atoms with Crippen LogP contribution in [0.1, 0.15) is 16.0 Å². The molecule has 1 unspecified atom stereocenters. The van der Waals surface area contributed by atoms with E-state index in [2.05, 4.69) is 15.9 Å². The van der Waals surface area contributed by atoms with E-state index in [0.29, 0.717) is 24.0 Å². The fraction of sp³-hybridized carbons (Fsp3) is 0.231. The van der Waals surface area contributed by atoms with Crippen molar-refractivity contribution in [1.82, 2.24) is 0 Å². The fourth-order valence-electron chi connectivity index (χ4n) is 1.87. The maximum Gasteiger partial charge on any atom is 0.162 e. The monoisotopic (exact) mass is 328 g/mol. The quantitative estimate of drug-likeness (QED) is 0.774. The molecule has 0 amide bonds. The smallest absolute Gasteiger partial charge is 0.162 e. The molecule has 1 atom stereocenters. The van der Waals surface area contributed by atoms with Gasteiger partial charge in [-0.05, 0) is 17.7 Å². The van der Waals surface area contributed by atoms with Gasteiger partial charge in [-0.3, -0.25) is 0 Å². The Bertz CT molecular complexity index is 554. The van der Waals surface area contributed by atoms with Crippen LogP contribution in [0.4, 0.5) is 0 Å². The lowest BCUT2D eigenvalue weighted by atomic mass is 10.1. The lowest BCUT2D eigenvalue weighted by Crippen LogP contribution is -2.15. The largest absolute Gasteiger partial charge is 0.486 e. The second-order valence-electron chi connectivity index (χ2n) is 3.94. The Morgan fingerprint density at radius 3 is 2.56 bits per heavy atom. The van der Waals surface area contributed by atoms with Crippen molar-refractivity contribution in [3.63, 3.8) is 0 Å². The van der Waals surface area contributed by atoms with Gasteiger partial charge in [-0.25, -0.2) is 0 Å². The molecule has 0 fully saturated rings. The van der Waals surface area contributed by atoms with Crippen molar-refractivity contribution in [3.8, 4) is 11.5 Å². The number of halogens is 2. The summed E-state index contributed by atoms with van der Waals surface area (Å²) in [6.07, 6.45) is 3.32. The van der Waals surface area contributed by atoms with Crippen molar-refractivity contribution in [1.29, 1.82) is 0 Å². The number of hydrogen-bond acceptors (Lipinski definition) is 3. The van der Waals surface area contributed by atoms with E-state index >= 15 is 0 Å². The first-order chi connectivity index (χ1) is 8.75. The molecule has 5 heteroatoms. The van der Waals surface area contributed by atoms with Crippen molar-refractivity contribution in [2.24, 2.45) is 0 Å². The Labute approximate surface area is 118 Å². The van der Waals surface area contributed by atoms with E-state index in [9.17, 15) is 0 Å². The molecule has 0 saturated carbocycles. The zero-order valence-electron chi connectivity index (χ0n) is 9.36. The molecule has 0 N–H and O–H groups in total. The molecule has 3 rings (SSSR count). The zero-order chi connectivity index (χ0) is 12.5. The number of fused-ring (bicyclic) bond motifs is 1. The van der Waals surface area contributed by atoms with E-state index in [4.69, 9.17) is 25.5 Å². The normalized spacial score (nSPS) is 15.4. The van der Waals surface area contributed by atoms with Gasteiger partial charge in [0, 0.05) is 16.7 Å². The molecule has 18 heavy (non-hydrogen) atoms. The molecule has 0 bridgehead atoms. The average molecular weight is 330 g/mol. The molecule has 0 spiro atoms. The maximum atomic E-state index is 6.28.